The van der Waals surface area contributed by atoms with Gasteiger partial charge in [0.1, 0.15) is 0 Å². The van der Waals surface area contributed by atoms with Crippen LogP contribution < -0.4 is 0 Å². The standard InChI is InChI=1S/C29H22F3NO2/c30-29(31,32)22-13-10-21(11-14-22)27-18-25-24-6-2-1-5-20(24)12-17-26(25)33(27)23-15-8-19(9-16-23)4-3-7-28(34)35/h1-2,5-6,8-18H,3-4,7H2,(H,34,35). The molecule has 0 bridgehead atoms. The van der Waals surface area contributed by atoms with Gasteiger partial charge in [-0.1, -0.05) is 54.6 Å². The molecule has 4 aromatic carbocycles. The molecule has 0 saturated carbocycles. The number of carboxylic acids is 1. The number of hydrogen-bond donors (Lipinski definition) is 1. The van der Waals surface area contributed by atoms with Gasteiger partial charge in [0, 0.05) is 17.5 Å². The molecule has 1 N–H and O–H groups in total. The molecule has 35 heavy (non-hydrogen) atoms. The molecule has 0 aliphatic heterocycles. The molecule has 3 nitrogen and oxygen atoms in total. The maximum Gasteiger partial charge on any atom is 0.416 e. The highest BCUT2D eigenvalue weighted by molar-refractivity contribution is 6.09. The first-order valence-corrected chi connectivity index (χ1v) is 11.3. The van der Waals surface area contributed by atoms with Gasteiger partial charge in [-0.15, -0.1) is 0 Å². The zero-order valence-corrected chi connectivity index (χ0v) is 18.7. The molecule has 0 atom stereocenters. The molecule has 0 amide bonds. The van der Waals surface area contributed by atoms with Gasteiger partial charge in [-0.25, -0.2) is 0 Å². The molecule has 0 fully saturated rings. The van der Waals surface area contributed by atoms with E-state index in [9.17, 15) is 18.0 Å². The maximum atomic E-state index is 13.1. The average Bonchev–Trinajstić information content (AvgIpc) is 3.24. The summed E-state index contributed by atoms with van der Waals surface area (Å²) in [7, 11) is 0. The highest BCUT2D eigenvalue weighted by Gasteiger charge is 2.30. The summed E-state index contributed by atoms with van der Waals surface area (Å²) in [6.45, 7) is 0. The molecule has 1 aromatic heterocycles. The van der Waals surface area contributed by atoms with Crippen molar-refractivity contribution in [2.45, 2.75) is 25.4 Å². The number of aliphatic carboxylic acids is 1. The molecule has 0 aliphatic rings. The van der Waals surface area contributed by atoms with Crippen LogP contribution in [0.3, 0.4) is 0 Å². The Morgan fingerprint density at radius 2 is 1.54 bits per heavy atom. The highest BCUT2D eigenvalue weighted by Crippen LogP contribution is 2.37. The summed E-state index contributed by atoms with van der Waals surface area (Å²) < 4.78 is 41.5. The van der Waals surface area contributed by atoms with Gasteiger partial charge >= 0.3 is 12.1 Å². The number of nitrogens with zero attached hydrogens (tertiary/aromatic N) is 1. The third-order valence-electron chi connectivity index (χ3n) is 6.27. The summed E-state index contributed by atoms with van der Waals surface area (Å²) in [5.41, 5.74) is 3.67. The van der Waals surface area contributed by atoms with E-state index in [0.29, 0.717) is 18.4 Å². The fourth-order valence-corrected chi connectivity index (χ4v) is 4.54. The van der Waals surface area contributed by atoms with Crippen LogP contribution >= 0.6 is 0 Å². The number of carbonyl (C=O) groups is 1. The average molecular weight is 473 g/mol. The molecule has 0 aliphatic carbocycles. The van der Waals surface area contributed by atoms with Crippen molar-refractivity contribution < 1.29 is 23.1 Å². The van der Waals surface area contributed by atoms with Crippen LogP contribution in [0.15, 0.2) is 91.0 Å². The Bertz CT molecular complexity index is 1510. The quantitative estimate of drug-likeness (QED) is 0.273. The maximum absolute atomic E-state index is 13.1. The van der Waals surface area contributed by atoms with E-state index in [1.165, 1.54) is 12.1 Å². The minimum Gasteiger partial charge on any atom is -0.481 e. The lowest BCUT2D eigenvalue weighted by Gasteiger charge is -2.13. The summed E-state index contributed by atoms with van der Waals surface area (Å²) in [4.78, 5) is 10.8. The van der Waals surface area contributed by atoms with Gasteiger partial charge in [0.05, 0.1) is 16.8 Å². The minimum absolute atomic E-state index is 0.120. The monoisotopic (exact) mass is 473 g/mol. The van der Waals surface area contributed by atoms with Crippen LogP contribution in [-0.4, -0.2) is 15.6 Å². The van der Waals surface area contributed by atoms with Crippen LogP contribution in [0.1, 0.15) is 24.0 Å². The van der Waals surface area contributed by atoms with E-state index in [-0.39, 0.29) is 6.42 Å². The van der Waals surface area contributed by atoms with Crippen LogP contribution in [0.2, 0.25) is 0 Å². The first kappa shape index (κ1) is 22.7. The molecule has 1 heterocycles. The lowest BCUT2D eigenvalue weighted by Crippen LogP contribution is -2.04. The van der Waals surface area contributed by atoms with Gasteiger partial charge in [0.15, 0.2) is 0 Å². The van der Waals surface area contributed by atoms with E-state index < -0.39 is 17.7 Å². The lowest BCUT2D eigenvalue weighted by molar-refractivity contribution is -0.138. The minimum atomic E-state index is -4.39. The van der Waals surface area contributed by atoms with E-state index in [2.05, 4.69) is 4.57 Å². The van der Waals surface area contributed by atoms with Crippen molar-refractivity contribution in [3.05, 3.63) is 102 Å². The predicted molar refractivity (Wildman–Crippen MR) is 132 cm³/mol. The van der Waals surface area contributed by atoms with Crippen molar-refractivity contribution >= 4 is 27.6 Å². The van der Waals surface area contributed by atoms with Crippen molar-refractivity contribution in [3.8, 4) is 16.9 Å². The van der Waals surface area contributed by atoms with E-state index in [4.69, 9.17) is 5.11 Å². The number of halogens is 3. The van der Waals surface area contributed by atoms with Crippen LogP contribution in [0.5, 0.6) is 0 Å². The Labute approximate surface area is 200 Å². The molecular weight excluding hydrogens is 451 g/mol. The molecule has 0 radical (unpaired) electrons. The van der Waals surface area contributed by atoms with Gasteiger partial charge in [-0.05, 0) is 71.1 Å². The van der Waals surface area contributed by atoms with E-state index in [1.807, 2.05) is 66.7 Å². The summed E-state index contributed by atoms with van der Waals surface area (Å²) in [5.74, 6) is -0.811. The Balaban J connectivity index is 1.64. The van der Waals surface area contributed by atoms with E-state index in [1.54, 1.807) is 0 Å². The second kappa shape index (κ2) is 8.95. The first-order chi connectivity index (χ1) is 16.8. The summed E-state index contributed by atoms with van der Waals surface area (Å²) in [5, 5.41) is 12.0. The van der Waals surface area contributed by atoms with Crippen molar-refractivity contribution in [1.82, 2.24) is 4.57 Å². The van der Waals surface area contributed by atoms with Crippen LogP contribution in [0, 0.1) is 0 Å². The molecule has 5 aromatic rings. The van der Waals surface area contributed by atoms with Crippen LogP contribution in [0.25, 0.3) is 38.6 Å². The number of benzene rings is 4. The summed E-state index contributed by atoms with van der Waals surface area (Å²) in [6, 6.07) is 27.3. The summed E-state index contributed by atoms with van der Waals surface area (Å²) in [6.07, 6.45) is -3.05. The Kier molecular flexibility index (Phi) is 5.81. The molecule has 176 valence electrons. The topological polar surface area (TPSA) is 42.2 Å². The van der Waals surface area contributed by atoms with Crippen molar-refractivity contribution in [2.24, 2.45) is 0 Å². The fourth-order valence-electron chi connectivity index (χ4n) is 4.54. The SMILES string of the molecule is O=C(O)CCCc1ccc(-n2c(-c3ccc(C(F)(F)F)cc3)cc3c4ccccc4ccc32)cc1. The number of carboxylic acid groups (broad SMARTS) is 1. The molecule has 5 rings (SSSR count). The molecule has 6 heteroatoms. The lowest BCUT2D eigenvalue weighted by atomic mass is 10.1. The van der Waals surface area contributed by atoms with Gasteiger partial charge < -0.3 is 9.67 Å². The highest BCUT2D eigenvalue weighted by atomic mass is 19.4. The van der Waals surface area contributed by atoms with E-state index in [0.717, 1.165) is 50.8 Å². The predicted octanol–water partition coefficient (Wildman–Crippen LogP) is 7.88. The van der Waals surface area contributed by atoms with Crippen molar-refractivity contribution in [2.75, 3.05) is 0 Å². The third-order valence-corrected chi connectivity index (χ3v) is 6.27. The molecule has 0 unspecified atom stereocenters. The second-order valence-electron chi connectivity index (χ2n) is 8.57. The summed E-state index contributed by atoms with van der Waals surface area (Å²) >= 11 is 0. The number of alkyl halides is 3. The fraction of sp³-hybridized carbons (Fsp3) is 0.138. The molecule has 0 saturated heterocycles. The normalized spacial score (nSPS) is 11.9. The second-order valence-corrected chi connectivity index (χ2v) is 8.57. The zero-order chi connectivity index (χ0) is 24.6. The Hall–Kier alpha value is -4.06. The number of aryl methyl sites for hydroxylation is 1. The van der Waals surface area contributed by atoms with Gasteiger partial charge in [0.25, 0.3) is 0 Å². The van der Waals surface area contributed by atoms with E-state index >= 15 is 0 Å². The Morgan fingerprint density at radius 3 is 2.23 bits per heavy atom. The van der Waals surface area contributed by atoms with Gasteiger partial charge in [-0.2, -0.15) is 13.2 Å². The third kappa shape index (κ3) is 4.52. The first-order valence-electron chi connectivity index (χ1n) is 11.3. The number of hydrogen-bond acceptors (Lipinski definition) is 1. The van der Waals surface area contributed by atoms with Gasteiger partial charge in [0.2, 0.25) is 0 Å². The number of aromatic nitrogens is 1. The number of fused-ring (bicyclic) bond motifs is 3. The number of rotatable bonds is 6. The van der Waals surface area contributed by atoms with Crippen LogP contribution in [0.4, 0.5) is 13.2 Å². The largest absolute Gasteiger partial charge is 0.481 e. The smallest absolute Gasteiger partial charge is 0.416 e. The van der Waals surface area contributed by atoms with Crippen LogP contribution in [-0.2, 0) is 17.4 Å². The molecular formula is C29H22F3NO2. The van der Waals surface area contributed by atoms with Gasteiger partial charge in [-0.3, -0.25) is 4.79 Å². The van der Waals surface area contributed by atoms with Crippen molar-refractivity contribution in [1.29, 1.82) is 0 Å². The Morgan fingerprint density at radius 1 is 0.829 bits per heavy atom. The zero-order valence-electron chi connectivity index (χ0n) is 18.7. The molecule has 0 spiro atoms. The van der Waals surface area contributed by atoms with Crippen molar-refractivity contribution in [3.63, 3.8) is 0 Å².